The largest absolute Gasteiger partial charge is 0.492 e. The van der Waals surface area contributed by atoms with Crippen molar-refractivity contribution in [2.45, 2.75) is 26.2 Å². The van der Waals surface area contributed by atoms with Gasteiger partial charge in [0.15, 0.2) is 5.96 Å². The Kier molecular flexibility index (Phi) is 7.80. The normalized spacial score (nSPS) is 21.4. The molecule has 1 unspecified atom stereocenters. The maximum atomic E-state index is 11.8. The zero-order valence-electron chi connectivity index (χ0n) is 17.5. The standard InChI is InChI=1S/C23H30N4O2.HI/c1-2-24-22(27-12-5-10-23(17-27)15-21(28)26-16-23)25-11-13-29-20-9-8-18-6-3-4-7-19(18)14-20;/h3-4,6-9,14H,2,5,10-13,15-17H2,1H3,(H,24,25)(H,26,28);1H. The van der Waals surface area contributed by atoms with Crippen molar-refractivity contribution >= 4 is 46.6 Å². The lowest BCUT2D eigenvalue weighted by Gasteiger charge is -2.40. The van der Waals surface area contributed by atoms with Gasteiger partial charge in [0.1, 0.15) is 12.4 Å². The van der Waals surface area contributed by atoms with Crippen LogP contribution >= 0.6 is 24.0 Å². The predicted molar refractivity (Wildman–Crippen MR) is 132 cm³/mol. The van der Waals surface area contributed by atoms with Crippen LogP contribution < -0.4 is 15.4 Å². The molecule has 4 rings (SSSR count). The van der Waals surface area contributed by atoms with Gasteiger partial charge in [-0.25, -0.2) is 4.99 Å². The number of ether oxygens (including phenoxy) is 1. The molecule has 1 spiro atoms. The molecule has 2 aromatic carbocycles. The molecular weight excluding hydrogens is 491 g/mol. The van der Waals surface area contributed by atoms with Crippen molar-refractivity contribution in [2.24, 2.45) is 10.4 Å². The molecule has 2 N–H and O–H groups in total. The van der Waals surface area contributed by atoms with Gasteiger partial charge in [-0.2, -0.15) is 0 Å². The van der Waals surface area contributed by atoms with Crippen LogP contribution in [-0.2, 0) is 4.79 Å². The molecule has 30 heavy (non-hydrogen) atoms. The number of benzene rings is 2. The minimum atomic E-state index is 0. The molecule has 162 valence electrons. The lowest BCUT2D eigenvalue weighted by atomic mass is 9.79. The van der Waals surface area contributed by atoms with Crippen LogP contribution in [0.3, 0.4) is 0 Å². The van der Waals surface area contributed by atoms with Crippen molar-refractivity contribution in [1.82, 2.24) is 15.5 Å². The molecule has 6 nitrogen and oxygen atoms in total. The van der Waals surface area contributed by atoms with Crippen molar-refractivity contribution in [3.05, 3.63) is 42.5 Å². The van der Waals surface area contributed by atoms with Crippen LogP contribution in [0.1, 0.15) is 26.2 Å². The molecule has 1 atom stereocenters. The van der Waals surface area contributed by atoms with Crippen molar-refractivity contribution in [3.63, 3.8) is 0 Å². The van der Waals surface area contributed by atoms with E-state index in [-0.39, 0.29) is 35.3 Å². The number of aliphatic imine (C=N–C) groups is 1. The van der Waals surface area contributed by atoms with E-state index in [4.69, 9.17) is 9.73 Å². The van der Waals surface area contributed by atoms with E-state index in [1.54, 1.807) is 0 Å². The number of likely N-dealkylation sites (tertiary alicyclic amines) is 1. The first-order valence-electron chi connectivity index (χ1n) is 10.6. The minimum absolute atomic E-state index is 0. The summed E-state index contributed by atoms with van der Waals surface area (Å²) in [5.41, 5.74) is 0.0626. The number of amides is 1. The first kappa shape index (κ1) is 22.7. The molecular formula is C23H31IN4O2. The molecule has 0 aliphatic carbocycles. The Morgan fingerprint density at radius 3 is 2.87 bits per heavy atom. The first-order valence-corrected chi connectivity index (χ1v) is 10.6. The SMILES string of the molecule is CCNC(=NCCOc1ccc2ccccc2c1)N1CCCC2(CNC(=O)C2)C1.I. The molecule has 2 heterocycles. The third kappa shape index (κ3) is 5.36. The van der Waals surface area contributed by atoms with Crippen molar-refractivity contribution < 1.29 is 9.53 Å². The number of hydrogen-bond donors (Lipinski definition) is 2. The van der Waals surface area contributed by atoms with E-state index in [9.17, 15) is 4.79 Å². The van der Waals surface area contributed by atoms with Gasteiger partial charge in [-0.1, -0.05) is 30.3 Å². The molecule has 7 heteroatoms. The summed E-state index contributed by atoms with van der Waals surface area (Å²) in [6, 6.07) is 14.4. The minimum Gasteiger partial charge on any atom is -0.492 e. The third-order valence-electron chi connectivity index (χ3n) is 5.83. The number of guanidine groups is 1. The number of rotatable bonds is 5. The summed E-state index contributed by atoms with van der Waals surface area (Å²) in [7, 11) is 0. The van der Waals surface area contributed by atoms with Gasteiger partial charge < -0.3 is 20.3 Å². The summed E-state index contributed by atoms with van der Waals surface area (Å²) < 4.78 is 5.93. The van der Waals surface area contributed by atoms with Crippen LogP contribution in [0.4, 0.5) is 0 Å². The fraction of sp³-hybridized carbons (Fsp3) is 0.478. The first-order chi connectivity index (χ1) is 14.2. The van der Waals surface area contributed by atoms with Gasteiger partial charge >= 0.3 is 0 Å². The predicted octanol–water partition coefficient (Wildman–Crippen LogP) is 3.40. The summed E-state index contributed by atoms with van der Waals surface area (Å²) in [6.07, 6.45) is 2.83. The highest BCUT2D eigenvalue weighted by atomic mass is 127. The number of halogens is 1. The Hall–Kier alpha value is -2.03. The average Bonchev–Trinajstić information content (AvgIpc) is 3.09. The van der Waals surface area contributed by atoms with Gasteiger partial charge in [-0.05, 0) is 42.7 Å². The average molecular weight is 522 g/mol. The highest BCUT2D eigenvalue weighted by molar-refractivity contribution is 14.0. The Labute approximate surface area is 195 Å². The summed E-state index contributed by atoms with van der Waals surface area (Å²) in [5.74, 6) is 1.97. The van der Waals surface area contributed by atoms with E-state index >= 15 is 0 Å². The lowest BCUT2D eigenvalue weighted by Crippen LogP contribution is -2.51. The molecule has 0 aromatic heterocycles. The van der Waals surface area contributed by atoms with Crippen molar-refractivity contribution in [1.29, 1.82) is 0 Å². The highest BCUT2D eigenvalue weighted by Gasteiger charge is 2.42. The van der Waals surface area contributed by atoms with E-state index in [0.29, 0.717) is 19.6 Å². The van der Waals surface area contributed by atoms with E-state index in [1.807, 2.05) is 18.2 Å². The number of nitrogens with zero attached hydrogens (tertiary/aromatic N) is 2. The van der Waals surface area contributed by atoms with Crippen LogP contribution in [0.25, 0.3) is 10.8 Å². The van der Waals surface area contributed by atoms with Gasteiger partial charge in [-0.3, -0.25) is 4.79 Å². The molecule has 2 aliphatic heterocycles. The second-order valence-corrected chi connectivity index (χ2v) is 8.07. The number of fused-ring (bicyclic) bond motifs is 1. The lowest BCUT2D eigenvalue weighted by molar-refractivity contribution is -0.119. The Bertz CT molecular complexity index is 904. The summed E-state index contributed by atoms with van der Waals surface area (Å²) >= 11 is 0. The smallest absolute Gasteiger partial charge is 0.220 e. The van der Waals surface area contributed by atoms with Gasteiger partial charge in [0.05, 0.1) is 6.54 Å². The summed E-state index contributed by atoms with van der Waals surface area (Å²) in [5, 5.41) is 8.81. The quantitative estimate of drug-likeness (QED) is 0.274. The monoisotopic (exact) mass is 522 g/mol. The Balaban J connectivity index is 0.00000256. The van der Waals surface area contributed by atoms with Crippen LogP contribution in [-0.4, -0.2) is 56.1 Å². The van der Waals surface area contributed by atoms with Crippen molar-refractivity contribution in [2.75, 3.05) is 39.3 Å². The maximum absolute atomic E-state index is 11.8. The van der Waals surface area contributed by atoms with E-state index in [1.165, 1.54) is 10.8 Å². The topological polar surface area (TPSA) is 66.0 Å². The number of carbonyl (C=O) groups excluding carboxylic acids is 1. The molecule has 0 saturated carbocycles. The van der Waals surface area contributed by atoms with Crippen LogP contribution in [0.15, 0.2) is 47.5 Å². The third-order valence-corrected chi connectivity index (χ3v) is 5.83. The van der Waals surface area contributed by atoms with E-state index < -0.39 is 0 Å². The zero-order chi connectivity index (χ0) is 20.1. The number of nitrogens with one attached hydrogen (secondary N) is 2. The van der Waals surface area contributed by atoms with Crippen LogP contribution in [0, 0.1) is 5.41 Å². The fourth-order valence-corrected chi connectivity index (χ4v) is 4.43. The van der Waals surface area contributed by atoms with Gasteiger partial charge in [0.2, 0.25) is 5.91 Å². The van der Waals surface area contributed by atoms with Gasteiger partial charge in [-0.15, -0.1) is 24.0 Å². The molecule has 2 saturated heterocycles. The summed E-state index contributed by atoms with van der Waals surface area (Å²) in [4.78, 5) is 18.9. The van der Waals surface area contributed by atoms with Crippen LogP contribution in [0.5, 0.6) is 5.75 Å². The highest BCUT2D eigenvalue weighted by Crippen LogP contribution is 2.36. The Morgan fingerprint density at radius 1 is 1.27 bits per heavy atom. The van der Waals surface area contributed by atoms with Crippen molar-refractivity contribution in [3.8, 4) is 5.75 Å². The van der Waals surface area contributed by atoms with Gasteiger partial charge in [0.25, 0.3) is 0 Å². The maximum Gasteiger partial charge on any atom is 0.220 e. The second-order valence-electron chi connectivity index (χ2n) is 8.07. The van der Waals surface area contributed by atoms with Gasteiger partial charge in [0, 0.05) is 38.0 Å². The second kappa shape index (κ2) is 10.3. The van der Waals surface area contributed by atoms with Crippen LogP contribution in [0.2, 0.25) is 0 Å². The summed E-state index contributed by atoms with van der Waals surface area (Å²) in [6.45, 7) is 6.68. The molecule has 2 fully saturated rings. The van der Waals surface area contributed by atoms with E-state index in [2.05, 4.69) is 46.7 Å². The molecule has 0 radical (unpaired) electrons. The molecule has 2 aromatic rings. The zero-order valence-corrected chi connectivity index (χ0v) is 19.9. The number of hydrogen-bond acceptors (Lipinski definition) is 3. The fourth-order valence-electron chi connectivity index (χ4n) is 4.43. The molecule has 2 aliphatic rings. The molecule has 1 amide bonds. The number of carbonyl (C=O) groups is 1. The van der Waals surface area contributed by atoms with E-state index in [0.717, 1.165) is 50.7 Å². The number of piperidine rings is 1. The molecule has 0 bridgehead atoms. The Morgan fingerprint density at radius 2 is 2.10 bits per heavy atom.